The monoisotopic (exact) mass is 878 g/mol. The van der Waals surface area contributed by atoms with Crippen molar-refractivity contribution in [3.8, 4) is 0 Å². The Hall–Kier alpha value is 0.290. The third-order valence-electron chi connectivity index (χ3n) is 12.3. The van der Waals surface area contributed by atoms with Gasteiger partial charge in [-0.15, -0.1) is 0 Å². The zero-order valence-corrected chi connectivity index (χ0v) is 44.6. The molecule has 0 aromatic heterocycles. The summed E-state index contributed by atoms with van der Waals surface area (Å²) in [6.07, 6.45) is 6.73. The summed E-state index contributed by atoms with van der Waals surface area (Å²) < 4.78 is 34.0. The Morgan fingerprint density at radius 2 is 0.754 bits per heavy atom. The van der Waals surface area contributed by atoms with Crippen molar-refractivity contribution in [2.24, 2.45) is 19.7 Å². The second-order valence-electron chi connectivity index (χ2n) is 20.1. The van der Waals surface area contributed by atoms with Gasteiger partial charge in [0.25, 0.3) is 0 Å². The molecule has 0 aromatic carbocycles. The fourth-order valence-corrected chi connectivity index (χ4v) is 23.4. The van der Waals surface area contributed by atoms with E-state index in [0.717, 1.165) is 60.5 Å². The molecule has 0 bridgehead atoms. The number of rotatable bonds is 16. The molecule has 57 heavy (non-hydrogen) atoms. The maximum absolute atomic E-state index is 7.53. The van der Waals surface area contributed by atoms with Gasteiger partial charge in [0.1, 0.15) is 0 Å². The van der Waals surface area contributed by atoms with Crippen LogP contribution in [0.15, 0.2) is 14.3 Å². The second-order valence-corrected chi connectivity index (χ2v) is 30.5. The molecule has 3 rings (SSSR count). The van der Waals surface area contributed by atoms with Crippen molar-refractivity contribution in [1.82, 2.24) is 48.5 Å². The Morgan fingerprint density at radius 3 is 0.930 bits per heavy atom. The third-order valence-corrected chi connectivity index (χ3v) is 23.8. The van der Waals surface area contributed by atoms with E-state index in [1.165, 1.54) is 0 Å². The molecular weight excluding hydrogens is 790 g/mol. The van der Waals surface area contributed by atoms with Crippen LogP contribution in [0.2, 0.25) is 0 Å². The van der Waals surface area contributed by atoms with E-state index in [0.29, 0.717) is 0 Å². The summed E-state index contributed by atoms with van der Waals surface area (Å²) in [7, 11) is 34.3. The maximum atomic E-state index is 7.53. The fraction of sp³-hybridized carbons (Fsp3) is 0.923. The average Bonchev–Trinajstić information content (AvgIpc) is 3.72. The van der Waals surface area contributed by atoms with Gasteiger partial charge in [0.15, 0.2) is 0 Å². The van der Waals surface area contributed by atoms with Crippen molar-refractivity contribution in [2.45, 2.75) is 82.8 Å². The Kier molecular flexibility index (Phi) is 16.5. The summed E-state index contributed by atoms with van der Waals surface area (Å²) in [6, 6.07) is 0. The van der Waals surface area contributed by atoms with Crippen molar-refractivity contribution in [1.29, 1.82) is 0 Å². The summed E-state index contributed by atoms with van der Waals surface area (Å²) in [4.78, 5) is 14.2. The quantitative estimate of drug-likeness (QED) is 0.140. The average molecular weight is 878 g/mol. The first-order chi connectivity index (χ1) is 25.8. The molecule has 334 valence electrons. The molecule has 18 heteroatoms. The van der Waals surface area contributed by atoms with E-state index < -0.39 is 54.2 Å². The fourth-order valence-electron chi connectivity index (χ4n) is 10.1. The summed E-state index contributed by atoms with van der Waals surface area (Å²) in [5, 5.41) is 4.34. The van der Waals surface area contributed by atoms with Crippen molar-refractivity contribution < 1.29 is 4.52 Å². The van der Waals surface area contributed by atoms with Gasteiger partial charge in [-0.2, -0.15) is 0 Å². The predicted octanol–water partition coefficient (Wildman–Crippen LogP) is 6.31. The standard InChI is InChI=1S/C39H87N13OP4/c1-35(2,3)31-36(4,5)43-57(53-24,40-32-37(44(6)7,45(8)9)25-28-54(32)50(18)19,41-33-38(46(10)11,47(12)13)26-29-55(33)51(20)21)42-34-39(48(14)15,49(16)17)27-30-56(34)52(22)23/h43H,25-31H2,1-24H3. The van der Waals surface area contributed by atoms with Crippen LogP contribution in [0, 0.1) is 5.41 Å². The van der Waals surface area contributed by atoms with Crippen molar-refractivity contribution in [2.75, 3.05) is 152 Å². The first-order valence-corrected chi connectivity index (χ1v) is 26.9. The van der Waals surface area contributed by atoms with Gasteiger partial charge in [-0.3, -0.25) is 0 Å². The van der Waals surface area contributed by atoms with Crippen LogP contribution in [0.3, 0.4) is 0 Å². The van der Waals surface area contributed by atoms with Crippen LogP contribution in [-0.4, -0.2) is 235 Å². The topological polar surface area (TPSA) is 87.5 Å². The van der Waals surface area contributed by atoms with E-state index in [2.05, 4.69) is 210 Å². The SMILES string of the molecule is COP(N=C1P(N(C)C)CCC1(N(C)C)N(C)C)(N=C1P(N(C)C)CCC1(N(C)C)N(C)C)(N=C1P(N(C)C)CCC1(N(C)C)N(C)C)NC(C)(C)CC(C)(C)C. The molecule has 3 unspecified atom stereocenters. The van der Waals surface area contributed by atoms with Crippen LogP contribution in [0.1, 0.15) is 60.3 Å². The van der Waals surface area contributed by atoms with Crippen LogP contribution in [-0.2, 0) is 4.52 Å². The van der Waals surface area contributed by atoms with Gasteiger partial charge < -0.3 is 0 Å². The van der Waals surface area contributed by atoms with E-state index in [9.17, 15) is 0 Å². The molecular formula is C39H87N13OP4. The molecule has 0 aromatic rings. The number of hydrogen-bond donors (Lipinski definition) is 1. The first kappa shape index (κ1) is 51.6. The van der Waals surface area contributed by atoms with Gasteiger partial charge in [-0.25, -0.2) is 0 Å². The first-order valence-electron chi connectivity index (χ1n) is 20.5. The van der Waals surface area contributed by atoms with E-state index >= 15 is 0 Å². The van der Waals surface area contributed by atoms with Crippen LogP contribution >= 0.6 is 31.7 Å². The zero-order valence-electron chi connectivity index (χ0n) is 41.0. The molecule has 0 spiro atoms. The molecule has 3 heterocycles. The summed E-state index contributed by atoms with van der Waals surface area (Å²) in [5.41, 5.74) is 1.44. The Morgan fingerprint density at radius 1 is 0.509 bits per heavy atom. The van der Waals surface area contributed by atoms with Gasteiger partial charge in [0, 0.05) is 0 Å². The van der Waals surface area contributed by atoms with Crippen LogP contribution in [0.4, 0.5) is 0 Å². The van der Waals surface area contributed by atoms with Crippen molar-refractivity contribution >= 4 is 48.0 Å². The van der Waals surface area contributed by atoms with Gasteiger partial charge in [-0.1, -0.05) is 0 Å². The van der Waals surface area contributed by atoms with Gasteiger partial charge >= 0.3 is 356 Å². The molecule has 3 aliphatic rings. The minimum atomic E-state index is -4.78. The van der Waals surface area contributed by atoms with Crippen LogP contribution < -0.4 is 5.09 Å². The summed E-state index contributed by atoms with van der Waals surface area (Å²) in [6.45, 7) is 11.6. The van der Waals surface area contributed by atoms with Gasteiger partial charge in [-0.05, 0) is 0 Å². The van der Waals surface area contributed by atoms with Crippen LogP contribution in [0.25, 0.3) is 0 Å². The minimum absolute atomic E-state index is 0.000408. The van der Waals surface area contributed by atoms with E-state index in [1.807, 2.05) is 7.11 Å². The number of nitrogens with zero attached hydrogens (tertiary/aromatic N) is 12. The number of nitrogens with one attached hydrogen (secondary N) is 1. The molecule has 0 aliphatic carbocycles. The van der Waals surface area contributed by atoms with Gasteiger partial charge in [0.05, 0.1) is 0 Å². The van der Waals surface area contributed by atoms with Crippen molar-refractivity contribution in [3.05, 3.63) is 0 Å². The third kappa shape index (κ3) is 9.63. The van der Waals surface area contributed by atoms with Gasteiger partial charge in [0.2, 0.25) is 0 Å². The molecule has 3 fully saturated rings. The molecule has 0 radical (unpaired) electrons. The van der Waals surface area contributed by atoms with Crippen molar-refractivity contribution in [3.63, 3.8) is 0 Å². The summed E-state index contributed by atoms with van der Waals surface area (Å²) in [5.74, 6) is 0. The molecule has 14 nitrogen and oxygen atoms in total. The van der Waals surface area contributed by atoms with E-state index in [4.69, 9.17) is 18.8 Å². The molecule has 3 saturated heterocycles. The molecule has 1 N–H and O–H groups in total. The Labute approximate surface area is 354 Å². The summed E-state index contributed by atoms with van der Waals surface area (Å²) >= 11 is 0. The zero-order chi connectivity index (χ0) is 44.1. The molecule has 3 aliphatic heterocycles. The molecule has 0 amide bonds. The Bertz CT molecular complexity index is 1320. The second kappa shape index (κ2) is 18.2. The predicted molar refractivity (Wildman–Crippen MR) is 258 cm³/mol. The van der Waals surface area contributed by atoms with E-state index in [1.54, 1.807) is 0 Å². The molecule has 0 saturated carbocycles. The Balaban J connectivity index is 2.96. The van der Waals surface area contributed by atoms with Crippen LogP contribution in [0.5, 0.6) is 0 Å². The normalized spacial score (nSPS) is 27.5. The number of hydrogen-bond acceptors (Lipinski definition) is 14. The molecule has 3 atom stereocenters. The van der Waals surface area contributed by atoms with E-state index in [-0.39, 0.29) is 5.41 Å².